The molecule has 0 spiro atoms. The number of nitrogens with zero attached hydrogens (tertiary/aromatic N) is 2. The van der Waals surface area contributed by atoms with Gasteiger partial charge >= 0.3 is 5.97 Å². The number of methoxy groups -OCH3 is 2. The van der Waals surface area contributed by atoms with E-state index in [0.717, 1.165) is 6.20 Å². The molecule has 1 heterocycles. The van der Waals surface area contributed by atoms with Crippen LogP contribution in [0.5, 0.6) is 5.88 Å². The van der Waals surface area contributed by atoms with Crippen LogP contribution in [0.2, 0.25) is 0 Å². The van der Waals surface area contributed by atoms with E-state index < -0.39 is 5.97 Å². The molecule has 0 radical (unpaired) electrons. The predicted molar refractivity (Wildman–Crippen MR) is 45.3 cm³/mol. The Balaban J connectivity index is 3.13. The van der Waals surface area contributed by atoms with Gasteiger partial charge in [0.1, 0.15) is 0 Å². The Morgan fingerprint density at radius 2 is 2.21 bits per heavy atom. The summed E-state index contributed by atoms with van der Waals surface area (Å²) in [6.07, 6.45) is 1.64. The number of aromatic nitrogens is 2. The van der Waals surface area contributed by atoms with Gasteiger partial charge in [0.15, 0.2) is 17.7 Å². The van der Waals surface area contributed by atoms with E-state index in [1.165, 1.54) is 14.2 Å². The summed E-state index contributed by atoms with van der Waals surface area (Å²) in [5.74, 6) is -0.629. The van der Waals surface area contributed by atoms with E-state index in [0.29, 0.717) is 6.29 Å². The molecule has 0 fully saturated rings. The van der Waals surface area contributed by atoms with Gasteiger partial charge in [0, 0.05) is 0 Å². The van der Waals surface area contributed by atoms with Crippen LogP contribution in [0.15, 0.2) is 6.20 Å². The molecule has 74 valence electrons. The van der Waals surface area contributed by atoms with Crippen molar-refractivity contribution in [2.45, 2.75) is 0 Å². The molecule has 0 aliphatic carbocycles. The van der Waals surface area contributed by atoms with Gasteiger partial charge in [-0.05, 0) is 0 Å². The van der Waals surface area contributed by atoms with Gasteiger partial charge in [0.05, 0.1) is 20.4 Å². The maximum Gasteiger partial charge on any atom is 0.358 e. The summed E-state index contributed by atoms with van der Waals surface area (Å²) < 4.78 is 9.18. The van der Waals surface area contributed by atoms with Gasteiger partial charge in [-0.25, -0.2) is 14.8 Å². The molecule has 1 aromatic heterocycles. The number of aldehydes is 1. The third kappa shape index (κ3) is 1.85. The first-order valence-electron chi connectivity index (χ1n) is 3.67. The molecule has 0 saturated heterocycles. The molecule has 0 aliphatic rings. The molecule has 14 heavy (non-hydrogen) atoms. The van der Waals surface area contributed by atoms with E-state index in [2.05, 4.69) is 14.7 Å². The summed E-state index contributed by atoms with van der Waals surface area (Å²) in [4.78, 5) is 28.9. The van der Waals surface area contributed by atoms with E-state index in [-0.39, 0.29) is 17.3 Å². The van der Waals surface area contributed by atoms with Crippen molar-refractivity contribution < 1.29 is 19.1 Å². The Kier molecular flexibility index (Phi) is 3.11. The fourth-order valence-electron chi connectivity index (χ4n) is 0.815. The molecule has 0 atom stereocenters. The molecular weight excluding hydrogens is 188 g/mol. The molecule has 1 aromatic rings. The third-order valence-electron chi connectivity index (χ3n) is 1.47. The highest BCUT2D eigenvalue weighted by atomic mass is 16.5. The van der Waals surface area contributed by atoms with Crippen LogP contribution in [-0.2, 0) is 4.74 Å². The van der Waals surface area contributed by atoms with E-state index in [1.54, 1.807) is 0 Å². The van der Waals surface area contributed by atoms with Crippen LogP contribution in [0.25, 0.3) is 0 Å². The lowest BCUT2D eigenvalue weighted by Gasteiger charge is -2.02. The van der Waals surface area contributed by atoms with Crippen molar-refractivity contribution in [2.24, 2.45) is 0 Å². The zero-order valence-electron chi connectivity index (χ0n) is 7.68. The number of hydrogen-bond donors (Lipinski definition) is 0. The van der Waals surface area contributed by atoms with Gasteiger partial charge in [0.25, 0.3) is 0 Å². The lowest BCUT2D eigenvalue weighted by molar-refractivity contribution is 0.0592. The van der Waals surface area contributed by atoms with Gasteiger partial charge in [-0.3, -0.25) is 4.79 Å². The first-order chi connectivity index (χ1) is 6.72. The maximum absolute atomic E-state index is 11.0. The minimum atomic E-state index is -0.631. The van der Waals surface area contributed by atoms with Crippen LogP contribution in [0.3, 0.4) is 0 Å². The first-order valence-corrected chi connectivity index (χ1v) is 3.67. The van der Waals surface area contributed by atoms with E-state index in [9.17, 15) is 9.59 Å². The van der Waals surface area contributed by atoms with Crippen LogP contribution in [0.4, 0.5) is 0 Å². The number of carbonyl (C=O) groups is 2. The minimum Gasteiger partial charge on any atom is -0.479 e. The number of ether oxygens (including phenoxy) is 2. The highest BCUT2D eigenvalue weighted by molar-refractivity contribution is 5.87. The van der Waals surface area contributed by atoms with Crippen molar-refractivity contribution in [1.82, 2.24) is 9.97 Å². The molecule has 0 aromatic carbocycles. The van der Waals surface area contributed by atoms with Gasteiger partial charge in [0.2, 0.25) is 5.88 Å². The second-order valence-corrected chi connectivity index (χ2v) is 2.26. The Hall–Kier alpha value is -1.98. The van der Waals surface area contributed by atoms with Crippen LogP contribution >= 0.6 is 0 Å². The zero-order valence-corrected chi connectivity index (χ0v) is 7.68. The SMILES string of the molecule is COC(=O)c1cnc(C=O)c(OC)n1. The number of esters is 1. The fourth-order valence-corrected chi connectivity index (χ4v) is 0.815. The molecule has 0 saturated carbocycles. The van der Waals surface area contributed by atoms with Crippen LogP contribution < -0.4 is 4.74 Å². The Morgan fingerprint density at radius 3 is 2.71 bits per heavy atom. The second-order valence-electron chi connectivity index (χ2n) is 2.26. The Morgan fingerprint density at radius 1 is 1.50 bits per heavy atom. The predicted octanol–water partition coefficient (Wildman–Crippen LogP) is 0.0843. The highest BCUT2D eigenvalue weighted by Crippen LogP contribution is 2.10. The quantitative estimate of drug-likeness (QED) is 0.503. The summed E-state index contributed by atoms with van der Waals surface area (Å²) in [5, 5.41) is 0. The average Bonchev–Trinajstić information content (AvgIpc) is 2.26. The van der Waals surface area contributed by atoms with E-state index in [4.69, 9.17) is 4.74 Å². The second kappa shape index (κ2) is 4.31. The van der Waals surface area contributed by atoms with Gasteiger partial charge in [-0.15, -0.1) is 0 Å². The summed E-state index contributed by atoms with van der Waals surface area (Å²) in [6.45, 7) is 0. The van der Waals surface area contributed by atoms with E-state index in [1.807, 2.05) is 0 Å². The summed E-state index contributed by atoms with van der Waals surface area (Å²) in [6, 6.07) is 0. The number of rotatable bonds is 3. The fraction of sp³-hybridized carbons (Fsp3) is 0.250. The monoisotopic (exact) mass is 196 g/mol. The van der Waals surface area contributed by atoms with Crippen LogP contribution in [0.1, 0.15) is 21.0 Å². The van der Waals surface area contributed by atoms with Crippen molar-refractivity contribution in [3.63, 3.8) is 0 Å². The van der Waals surface area contributed by atoms with Gasteiger partial charge in [-0.2, -0.15) is 0 Å². The van der Waals surface area contributed by atoms with E-state index >= 15 is 0 Å². The molecule has 0 N–H and O–H groups in total. The van der Waals surface area contributed by atoms with Crippen molar-refractivity contribution >= 4 is 12.3 Å². The Bertz CT molecular complexity index is 364. The normalized spacial score (nSPS) is 9.29. The average molecular weight is 196 g/mol. The van der Waals surface area contributed by atoms with Crippen molar-refractivity contribution in [3.8, 4) is 5.88 Å². The summed E-state index contributed by atoms with van der Waals surface area (Å²) >= 11 is 0. The smallest absolute Gasteiger partial charge is 0.358 e. The molecule has 1 rings (SSSR count). The first kappa shape index (κ1) is 10.1. The topological polar surface area (TPSA) is 78.4 Å². The number of carbonyl (C=O) groups excluding carboxylic acids is 2. The minimum absolute atomic E-state index is 0.00269. The third-order valence-corrected chi connectivity index (χ3v) is 1.47. The van der Waals surface area contributed by atoms with Gasteiger partial charge < -0.3 is 9.47 Å². The largest absolute Gasteiger partial charge is 0.479 e. The van der Waals surface area contributed by atoms with Crippen molar-refractivity contribution in [1.29, 1.82) is 0 Å². The molecule has 0 unspecified atom stereocenters. The van der Waals surface area contributed by atoms with Crippen molar-refractivity contribution in [3.05, 3.63) is 17.6 Å². The standard InChI is InChI=1S/C8H8N2O4/c1-13-7-6(4-11)9-3-5(10-7)8(12)14-2/h3-4H,1-2H3. The maximum atomic E-state index is 11.0. The summed E-state index contributed by atoms with van der Waals surface area (Å²) in [7, 11) is 2.56. The van der Waals surface area contributed by atoms with Crippen LogP contribution in [-0.4, -0.2) is 36.4 Å². The molecule has 6 heteroatoms. The highest BCUT2D eigenvalue weighted by Gasteiger charge is 2.12. The van der Waals surface area contributed by atoms with Gasteiger partial charge in [-0.1, -0.05) is 0 Å². The van der Waals surface area contributed by atoms with Crippen LogP contribution in [0, 0.1) is 0 Å². The van der Waals surface area contributed by atoms with Crippen molar-refractivity contribution in [2.75, 3.05) is 14.2 Å². The zero-order chi connectivity index (χ0) is 10.6. The molecule has 0 bridgehead atoms. The molecule has 0 amide bonds. The Labute approximate surface area is 79.9 Å². The molecule has 6 nitrogen and oxygen atoms in total. The summed E-state index contributed by atoms with van der Waals surface area (Å²) in [5.41, 5.74) is 0.0371. The lowest BCUT2D eigenvalue weighted by atomic mass is 10.4. The molecular formula is C8H8N2O4. The molecule has 0 aliphatic heterocycles. The number of hydrogen-bond acceptors (Lipinski definition) is 6. The lowest BCUT2D eigenvalue weighted by Crippen LogP contribution is -2.08.